The molecule has 0 saturated heterocycles. The number of nitrogens with zero attached hydrogens (tertiary/aromatic N) is 3. The van der Waals surface area contributed by atoms with E-state index in [1.54, 1.807) is 38.4 Å². The second-order valence-electron chi connectivity index (χ2n) is 4.74. The zero-order valence-corrected chi connectivity index (χ0v) is 12.7. The minimum absolute atomic E-state index is 0.0656. The number of nitrogens with one attached hydrogen (secondary N) is 1. The van der Waals surface area contributed by atoms with E-state index in [-0.39, 0.29) is 24.0 Å². The molecule has 1 N–H and O–H groups in total. The molecule has 1 heterocycles. The summed E-state index contributed by atoms with van der Waals surface area (Å²) < 4.78 is 5.04. The Hall–Kier alpha value is -3.16. The van der Waals surface area contributed by atoms with E-state index in [4.69, 9.17) is 4.74 Å². The summed E-state index contributed by atoms with van der Waals surface area (Å²) >= 11 is 0. The van der Waals surface area contributed by atoms with Gasteiger partial charge in [0.15, 0.2) is 0 Å². The molecule has 0 atom stereocenters. The van der Waals surface area contributed by atoms with Crippen molar-refractivity contribution in [2.45, 2.75) is 0 Å². The Balaban J connectivity index is 2.03. The highest BCUT2D eigenvalue weighted by Crippen LogP contribution is 2.23. The second-order valence-corrected chi connectivity index (χ2v) is 4.74. The van der Waals surface area contributed by atoms with Crippen LogP contribution in [0.5, 0.6) is 5.75 Å². The molecule has 0 aliphatic carbocycles. The molecule has 2 aromatic rings. The van der Waals surface area contributed by atoms with Crippen LogP contribution < -0.4 is 15.0 Å². The van der Waals surface area contributed by atoms with Crippen molar-refractivity contribution in [3.63, 3.8) is 0 Å². The largest absolute Gasteiger partial charge is 0.497 e. The summed E-state index contributed by atoms with van der Waals surface area (Å²) in [5.74, 6) is 0.518. The minimum Gasteiger partial charge on any atom is -0.497 e. The summed E-state index contributed by atoms with van der Waals surface area (Å²) in [7, 11) is 3.13. The first-order chi connectivity index (χ1) is 11.0. The van der Waals surface area contributed by atoms with Crippen molar-refractivity contribution in [1.82, 2.24) is 4.98 Å². The molecule has 0 saturated carbocycles. The lowest BCUT2D eigenvalue weighted by Gasteiger charge is -2.17. The molecule has 8 heteroatoms. The lowest BCUT2D eigenvalue weighted by molar-refractivity contribution is -0.384. The fourth-order valence-corrected chi connectivity index (χ4v) is 1.99. The van der Waals surface area contributed by atoms with Crippen molar-refractivity contribution in [2.75, 3.05) is 30.9 Å². The molecule has 0 bridgehead atoms. The zero-order chi connectivity index (χ0) is 16.8. The van der Waals surface area contributed by atoms with Gasteiger partial charge < -0.3 is 15.0 Å². The topological polar surface area (TPSA) is 97.6 Å². The molecule has 0 aliphatic rings. The number of ether oxygens (including phenoxy) is 1. The zero-order valence-electron chi connectivity index (χ0n) is 12.7. The van der Waals surface area contributed by atoms with Gasteiger partial charge in [-0.3, -0.25) is 14.9 Å². The average Bonchev–Trinajstić information content (AvgIpc) is 2.55. The number of methoxy groups -OCH3 is 1. The highest BCUT2D eigenvalue weighted by Gasteiger charge is 2.19. The number of amides is 1. The number of rotatable bonds is 6. The Labute approximate surface area is 132 Å². The van der Waals surface area contributed by atoms with Crippen LogP contribution in [0.4, 0.5) is 17.2 Å². The van der Waals surface area contributed by atoms with Crippen LogP contribution in [0, 0.1) is 10.1 Å². The molecule has 1 amide bonds. The van der Waals surface area contributed by atoms with E-state index in [2.05, 4.69) is 10.3 Å². The maximum Gasteiger partial charge on any atom is 0.311 e. The average molecular weight is 316 g/mol. The van der Waals surface area contributed by atoms with Crippen LogP contribution in [-0.2, 0) is 4.79 Å². The Bertz CT molecular complexity index is 703. The standard InChI is InChI=1S/C15H16N4O4/c1-18(15-13(19(21)22)4-3-9-16-15)10-14(20)17-11-5-7-12(23-2)8-6-11/h3-9H,10H2,1-2H3,(H,17,20). The Kier molecular flexibility index (Phi) is 5.08. The van der Waals surface area contributed by atoms with Crippen LogP contribution in [0.3, 0.4) is 0 Å². The van der Waals surface area contributed by atoms with E-state index in [0.717, 1.165) is 0 Å². The van der Waals surface area contributed by atoms with E-state index in [1.165, 1.54) is 23.2 Å². The number of aromatic nitrogens is 1. The number of hydrogen-bond donors (Lipinski definition) is 1. The molecule has 1 aromatic heterocycles. The van der Waals surface area contributed by atoms with E-state index in [9.17, 15) is 14.9 Å². The summed E-state index contributed by atoms with van der Waals surface area (Å²) in [4.78, 5) is 27.9. The number of likely N-dealkylation sites (N-methyl/N-ethyl adjacent to an activating group) is 1. The van der Waals surface area contributed by atoms with Crippen molar-refractivity contribution in [3.05, 3.63) is 52.7 Å². The summed E-state index contributed by atoms with van der Waals surface area (Å²) in [6.45, 7) is -0.0656. The van der Waals surface area contributed by atoms with Gasteiger partial charge in [-0.15, -0.1) is 0 Å². The Morgan fingerprint density at radius 3 is 2.65 bits per heavy atom. The third-order valence-corrected chi connectivity index (χ3v) is 3.08. The third kappa shape index (κ3) is 4.16. The van der Waals surface area contributed by atoms with Gasteiger partial charge in [-0.25, -0.2) is 4.98 Å². The monoisotopic (exact) mass is 316 g/mol. The number of anilines is 2. The van der Waals surface area contributed by atoms with Crippen molar-refractivity contribution in [2.24, 2.45) is 0 Å². The van der Waals surface area contributed by atoms with E-state index >= 15 is 0 Å². The van der Waals surface area contributed by atoms with E-state index in [0.29, 0.717) is 11.4 Å². The number of hydrogen-bond acceptors (Lipinski definition) is 6. The third-order valence-electron chi connectivity index (χ3n) is 3.08. The maximum atomic E-state index is 12.1. The van der Waals surface area contributed by atoms with Crippen LogP contribution >= 0.6 is 0 Å². The highest BCUT2D eigenvalue weighted by molar-refractivity contribution is 5.94. The normalized spacial score (nSPS) is 10.0. The lowest BCUT2D eigenvalue weighted by Crippen LogP contribution is -2.31. The second kappa shape index (κ2) is 7.21. The minimum atomic E-state index is -0.528. The van der Waals surface area contributed by atoms with Crippen molar-refractivity contribution in [1.29, 1.82) is 0 Å². The number of pyridine rings is 1. The molecular weight excluding hydrogens is 300 g/mol. The van der Waals surface area contributed by atoms with Crippen LogP contribution in [0.25, 0.3) is 0 Å². The number of carbonyl (C=O) groups is 1. The van der Waals surface area contributed by atoms with Crippen molar-refractivity contribution in [3.8, 4) is 5.75 Å². The molecule has 0 spiro atoms. The number of carbonyl (C=O) groups excluding carboxylic acids is 1. The Morgan fingerprint density at radius 1 is 1.35 bits per heavy atom. The first kappa shape index (κ1) is 16.2. The van der Waals surface area contributed by atoms with Gasteiger partial charge in [0, 0.05) is 25.0 Å². The summed E-state index contributed by atoms with van der Waals surface area (Å²) in [5, 5.41) is 13.7. The molecule has 8 nitrogen and oxygen atoms in total. The molecular formula is C15H16N4O4. The first-order valence-corrected chi connectivity index (χ1v) is 6.75. The molecule has 120 valence electrons. The molecule has 0 unspecified atom stereocenters. The smallest absolute Gasteiger partial charge is 0.311 e. The van der Waals surface area contributed by atoms with Crippen LogP contribution in [0.2, 0.25) is 0 Å². The quantitative estimate of drug-likeness (QED) is 0.647. The highest BCUT2D eigenvalue weighted by atomic mass is 16.6. The number of nitro groups is 1. The van der Waals surface area contributed by atoms with Crippen molar-refractivity contribution < 1.29 is 14.5 Å². The summed E-state index contributed by atoms with van der Waals surface area (Å²) in [6, 6.07) is 9.69. The van der Waals surface area contributed by atoms with E-state index < -0.39 is 4.92 Å². The van der Waals surface area contributed by atoms with E-state index in [1.807, 2.05) is 0 Å². The lowest BCUT2D eigenvalue weighted by atomic mass is 10.3. The molecule has 2 rings (SSSR count). The van der Waals surface area contributed by atoms with Crippen LogP contribution in [0.15, 0.2) is 42.6 Å². The fourth-order valence-electron chi connectivity index (χ4n) is 1.99. The predicted molar refractivity (Wildman–Crippen MR) is 85.8 cm³/mol. The van der Waals surface area contributed by atoms with Crippen LogP contribution in [0.1, 0.15) is 0 Å². The fraction of sp³-hybridized carbons (Fsp3) is 0.200. The van der Waals surface area contributed by atoms with Gasteiger partial charge in [0.2, 0.25) is 11.7 Å². The van der Waals surface area contributed by atoms with Gasteiger partial charge >= 0.3 is 5.69 Å². The number of benzene rings is 1. The Morgan fingerprint density at radius 2 is 2.04 bits per heavy atom. The molecule has 0 aliphatic heterocycles. The van der Waals surface area contributed by atoms with Crippen LogP contribution in [-0.4, -0.2) is 36.5 Å². The molecule has 0 fully saturated rings. The predicted octanol–water partition coefficient (Wildman–Crippen LogP) is 2.07. The van der Waals surface area contributed by atoms with Gasteiger partial charge in [0.25, 0.3) is 0 Å². The molecule has 23 heavy (non-hydrogen) atoms. The summed E-state index contributed by atoms with van der Waals surface area (Å²) in [5.41, 5.74) is 0.465. The maximum absolute atomic E-state index is 12.1. The van der Waals surface area contributed by atoms with Gasteiger partial charge in [0.05, 0.1) is 18.6 Å². The van der Waals surface area contributed by atoms with Gasteiger partial charge in [-0.05, 0) is 30.3 Å². The first-order valence-electron chi connectivity index (χ1n) is 6.75. The molecule has 0 radical (unpaired) electrons. The van der Waals surface area contributed by atoms with Crippen molar-refractivity contribution >= 4 is 23.1 Å². The molecule has 1 aromatic carbocycles. The van der Waals surface area contributed by atoms with Gasteiger partial charge in [0.1, 0.15) is 5.75 Å². The van der Waals surface area contributed by atoms with Gasteiger partial charge in [-0.2, -0.15) is 0 Å². The SMILES string of the molecule is COc1ccc(NC(=O)CN(C)c2ncccc2[N+](=O)[O-])cc1. The van der Waals surface area contributed by atoms with Gasteiger partial charge in [-0.1, -0.05) is 0 Å². The summed E-state index contributed by atoms with van der Waals surface area (Å²) in [6.07, 6.45) is 1.44.